The van der Waals surface area contributed by atoms with Crippen LogP contribution in [0.3, 0.4) is 0 Å². The number of hydrogen-bond donors (Lipinski definition) is 2. The summed E-state index contributed by atoms with van der Waals surface area (Å²) in [5, 5.41) is 8.54. The van der Waals surface area contributed by atoms with Gasteiger partial charge >= 0.3 is 5.97 Å². The van der Waals surface area contributed by atoms with Crippen LogP contribution >= 0.6 is 0 Å². The summed E-state index contributed by atoms with van der Waals surface area (Å²) in [5.41, 5.74) is 1.79. The van der Waals surface area contributed by atoms with Gasteiger partial charge in [-0.25, -0.2) is 9.78 Å². The van der Waals surface area contributed by atoms with Gasteiger partial charge in [-0.15, -0.1) is 0 Å². The number of carbonyl (C=O) groups is 1. The van der Waals surface area contributed by atoms with Crippen LogP contribution in [-0.4, -0.2) is 27.7 Å². The highest BCUT2D eigenvalue weighted by molar-refractivity contribution is 5.84. The van der Waals surface area contributed by atoms with Crippen molar-refractivity contribution in [2.45, 2.75) is 6.92 Å². The Labute approximate surface area is 110 Å². The van der Waals surface area contributed by atoms with Gasteiger partial charge in [-0.2, -0.15) is 0 Å². The number of benzene rings is 1. The first-order valence-electron chi connectivity index (χ1n) is 5.88. The summed E-state index contributed by atoms with van der Waals surface area (Å²) in [7, 11) is 0. The van der Waals surface area contributed by atoms with Gasteiger partial charge in [-0.1, -0.05) is 0 Å². The molecule has 98 valence electrons. The quantitative estimate of drug-likeness (QED) is 0.808. The Bertz CT molecular complexity index is 585. The molecule has 1 aromatic carbocycles. The van der Waals surface area contributed by atoms with Crippen molar-refractivity contribution in [2.75, 3.05) is 6.61 Å². The fraction of sp³-hybridized carbons (Fsp3) is 0.143. The number of ether oxygens (including phenoxy) is 1. The van der Waals surface area contributed by atoms with Gasteiger partial charge in [0, 0.05) is 6.08 Å². The van der Waals surface area contributed by atoms with E-state index >= 15 is 0 Å². The molecule has 19 heavy (non-hydrogen) atoms. The second-order valence-electron chi connectivity index (χ2n) is 3.81. The molecule has 5 heteroatoms. The van der Waals surface area contributed by atoms with Gasteiger partial charge in [0.05, 0.1) is 18.5 Å². The lowest BCUT2D eigenvalue weighted by atomic mass is 10.2. The number of aromatic nitrogens is 2. The summed E-state index contributed by atoms with van der Waals surface area (Å²) in [4.78, 5) is 17.5. The lowest BCUT2D eigenvalue weighted by Gasteiger charge is -2.03. The SMILES string of the molecule is CCOc1ccc(-c2cnc(/C=C/C(=O)O)[nH]2)cc1. The number of aromatic amines is 1. The third kappa shape index (κ3) is 3.45. The van der Waals surface area contributed by atoms with Gasteiger partial charge in [0.1, 0.15) is 11.6 Å². The predicted octanol–water partition coefficient (Wildman–Crippen LogP) is 2.57. The molecule has 0 amide bonds. The minimum absolute atomic E-state index is 0.506. The average molecular weight is 258 g/mol. The first kappa shape index (κ1) is 12.9. The summed E-state index contributed by atoms with van der Waals surface area (Å²) in [6.07, 6.45) is 4.12. The third-order valence-corrected chi connectivity index (χ3v) is 2.46. The molecule has 0 aliphatic carbocycles. The number of hydrogen-bond acceptors (Lipinski definition) is 3. The second-order valence-corrected chi connectivity index (χ2v) is 3.81. The highest BCUT2D eigenvalue weighted by Gasteiger charge is 2.02. The largest absolute Gasteiger partial charge is 0.494 e. The van der Waals surface area contributed by atoms with Crippen molar-refractivity contribution in [3.05, 3.63) is 42.4 Å². The van der Waals surface area contributed by atoms with E-state index in [0.29, 0.717) is 12.4 Å². The highest BCUT2D eigenvalue weighted by Crippen LogP contribution is 2.21. The number of nitrogens with zero attached hydrogens (tertiary/aromatic N) is 1. The van der Waals surface area contributed by atoms with Gasteiger partial charge in [-0.3, -0.25) is 0 Å². The van der Waals surface area contributed by atoms with Crippen molar-refractivity contribution in [1.29, 1.82) is 0 Å². The zero-order valence-electron chi connectivity index (χ0n) is 10.5. The zero-order valence-corrected chi connectivity index (χ0v) is 10.5. The standard InChI is InChI=1S/C14H14N2O3/c1-2-19-11-5-3-10(4-6-11)12-9-15-13(16-12)7-8-14(17)18/h3-9H,2H2,1H3,(H,15,16)(H,17,18)/b8-7+. The first-order chi connectivity index (χ1) is 9.19. The van der Waals surface area contributed by atoms with E-state index in [1.54, 1.807) is 6.20 Å². The molecule has 0 unspecified atom stereocenters. The molecular weight excluding hydrogens is 244 g/mol. The topological polar surface area (TPSA) is 75.2 Å². The molecule has 0 spiro atoms. The molecule has 0 aliphatic heterocycles. The lowest BCUT2D eigenvalue weighted by Crippen LogP contribution is -1.90. The van der Waals surface area contributed by atoms with Crippen LogP contribution in [0.25, 0.3) is 17.3 Å². The summed E-state index contributed by atoms with van der Waals surface area (Å²) < 4.78 is 5.36. The summed E-state index contributed by atoms with van der Waals surface area (Å²) >= 11 is 0. The van der Waals surface area contributed by atoms with E-state index in [4.69, 9.17) is 9.84 Å². The van der Waals surface area contributed by atoms with Crippen LogP contribution in [0.2, 0.25) is 0 Å². The molecule has 1 heterocycles. The fourth-order valence-electron chi connectivity index (χ4n) is 1.62. The van der Waals surface area contributed by atoms with E-state index in [1.807, 2.05) is 31.2 Å². The van der Waals surface area contributed by atoms with Crippen molar-refractivity contribution in [1.82, 2.24) is 9.97 Å². The van der Waals surface area contributed by atoms with Gasteiger partial charge in [0.2, 0.25) is 0 Å². The van der Waals surface area contributed by atoms with Crippen LogP contribution in [0.1, 0.15) is 12.7 Å². The maximum Gasteiger partial charge on any atom is 0.328 e. The van der Waals surface area contributed by atoms with Crippen LogP contribution in [0, 0.1) is 0 Å². The molecule has 0 aliphatic rings. The molecule has 1 aromatic heterocycles. The van der Waals surface area contributed by atoms with Crippen LogP contribution in [0.4, 0.5) is 0 Å². The Morgan fingerprint density at radius 2 is 2.16 bits per heavy atom. The maximum absolute atomic E-state index is 10.4. The van der Waals surface area contributed by atoms with E-state index in [1.165, 1.54) is 6.08 Å². The van der Waals surface area contributed by atoms with Gasteiger partial charge < -0.3 is 14.8 Å². The lowest BCUT2D eigenvalue weighted by molar-refractivity contribution is -0.131. The molecule has 0 bridgehead atoms. The van der Waals surface area contributed by atoms with Crippen molar-refractivity contribution in [2.24, 2.45) is 0 Å². The minimum atomic E-state index is -1.00. The van der Waals surface area contributed by atoms with Crippen molar-refractivity contribution >= 4 is 12.0 Å². The normalized spacial score (nSPS) is 10.8. The number of rotatable bonds is 5. The van der Waals surface area contributed by atoms with Gasteiger partial charge in [0.15, 0.2) is 0 Å². The van der Waals surface area contributed by atoms with E-state index in [-0.39, 0.29) is 0 Å². The molecule has 0 atom stereocenters. The molecule has 2 aromatic rings. The Kier molecular flexibility index (Phi) is 3.97. The minimum Gasteiger partial charge on any atom is -0.494 e. The third-order valence-electron chi connectivity index (χ3n) is 2.46. The number of nitrogens with one attached hydrogen (secondary N) is 1. The molecule has 0 radical (unpaired) electrons. The monoisotopic (exact) mass is 258 g/mol. The van der Waals surface area contributed by atoms with Crippen LogP contribution < -0.4 is 4.74 Å². The Morgan fingerprint density at radius 1 is 1.42 bits per heavy atom. The molecule has 5 nitrogen and oxygen atoms in total. The number of H-pyrrole nitrogens is 1. The molecule has 0 saturated carbocycles. The molecule has 0 saturated heterocycles. The fourth-order valence-corrected chi connectivity index (χ4v) is 1.62. The summed E-state index contributed by atoms with van der Waals surface area (Å²) in [5.74, 6) is 0.321. The van der Waals surface area contributed by atoms with Crippen LogP contribution in [0.15, 0.2) is 36.5 Å². The van der Waals surface area contributed by atoms with Crippen molar-refractivity contribution in [3.8, 4) is 17.0 Å². The molecule has 2 rings (SSSR count). The molecule has 2 N–H and O–H groups in total. The maximum atomic E-state index is 10.4. The van der Waals surface area contributed by atoms with Crippen molar-refractivity contribution < 1.29 is 14.6 Å². The number of imidazole rings is 1. The number of aliphatic carboxylic acids is 1. The zero-order chi connectivity index (χ0) is 13.7. The van der Waals surface area contributed by atoms with E-state index in [2.05, 4.69) is 9.97 Å². The Morgan fingerprint density at radius 3 is 2.79 bits per heavy atom. The Balaban J connectivity index is 2.15. The molecular formula is C14H14N2O3. The van der Waals surface area contributed by atoms with Crippen molar-refractivity contribution in [3.63, 3.8) is 0 Å². The van der Waals surface area contributed by atoms with E-state index < -0.39 is 5.97 Å². The van der Waals surface area contributed by atoms with Gasteiger partial charge in [0.25, 0.3) is 0 Å². The second kappa shape index (κ2) is 5.86. The van der Waals surface area contributed by atoms with E-state index in [0.717, 1.165) is 23.1 Å². The van der Waals surface area contributed by atoms with E-state index in [9.17, 15) is 4.79 Å². The first-order valence-corrected chi connectivity index (χ1v) is 5.88. The molecule has 0 fully saturated rings. The average Bonchev–Trinajstić information content (AvgIpc) is 2.86. The predicted molar refractivity (Wildman–Crippen MR) is 71.9 cm³/mol. The number of carboxylic acids is 1. The smallest absolute Gasteiger partial charge is 0.328 e. The van der Waals surface area contributed by atoms with Crippen LogP contribution in [0.5, 0.6) is 5.75 Å². The van der Waals surface area contributed by atoms with Gasteiger partial charge in [-0.05, 0) is 42.8 Å². The number of carboxylic acid groups (broad SMARTS) is 1. The summed E-state index contributed by atoms with van der Waals surface area (Å²) in [6, 6.07) is 7.60. The summed E-state index contributed by atoms with van der Waals surface area (Å²) in [6.45, 7) is 2.57. The van der Waals surface area contributed by atoms with Crippen LogP contribution in [-0.2, 0) is 4.79 Å². The highest BCUT2D eigenvalue weighted by atomic mass is 16.5. The Hall–Kier alpha value is -2.56.